The lowest BCUT2D eigenvalue weighted by Gasteiger charge is -2.36. The molecule has 9 heteroatoms. The van der Waals surface area contributed by atoms with Crippen molar-refractivity contribution in [2.75, 3.05) is 42.9 Å². The number of carbonyl (C=O) groups is 1. The Morgan fingerprint density at radius 3 is 2.42 bits per heavy atom. The third kappa shape index (κ3) is 5.10. The molecule has 0 radical (unpaired) electrons. The molecule has 1 N–H and O–H groups in total. The van der Waals surface area contributed by atoms with Crippen molar-refractivity contribution in [2.45, 2.75) is 25.1 Å². The molecule has 2 aliphatic rings. The maximum atomic E-state index is 13.1. The standard InChI is InChI=1S/C22H23F4N3O2/c23-16-4-6-17(7-5-16)29-12-10-28(11-13-29)9-1-2-20-21(30)27-18-14-15(22(24,25)26)3-8-19(18)31-20/h3-8,14,20H,1-2,9-13H2,(H,27,30). The number of amides is 1. The summed E-state index contributed by atoms with van der Waals surface area (Å²) < 4.78 is 57.2. The number of fused-ring (bicyclic) bond motifs is 1. The van der Waals surface area contributed by atoms with Crippen LogP contribution in [0.3, 0.4) is 0 Å². The fourth-order valence-electron chi connectivity index (χ4n) is 3.90. The Bertz CT molecular complexity index is 925. The minimum absolute atomic E-state index is 0.0491. The van der Waals surface area contributed by atoms with Gasteiger partial charge in [-0.15, -0.1) is 0 Å². The Kier molecular flexibility index (Phi) is 6.04. The van der Waals surface area contributed by atoms with E-state index < -0.39 is 23.8 Å². The van der Waals surface area contributed by atoms with Gasteiger partial charge in [0.1, 0.15) is 11.6 Å². The van der Waals surface area contributed by atoms with Gasteiger partial charge < -0.3 is 15.0 Å². The first-order valence-corrected chi connectivity index (χ1v) is 10.2. The van der Waals surface area contributed by atoms with Gasteiger partial charge in [0.25, 0.3) is 5.91 Å². The van der Waals surface area contributed by atoms with E-state index >= 15 is 0 Å². The van der Waals surface area contributed by atoms with Crippen LogP contribution < -0.4 is 15.0 Å². The van der Waals surface area contributed by atoms with Crippen molar-refractivity contribution >= 4 is 17.3 Å². The van der Waals surface area contributed by atoms with Crippen LogP contribution in [0.25, 0.3) is 0 Å². The predicted molar refractivity (Wildman–Crippen MR) is 109 cm³/mol. The third-order valence-electron chi connectivity index (χ3n) is 5.63. The zero-order chi connectivity index (χ0) is 22.0. The van der Waals surface area contributed by atoms with Crippen molar-refractivity contribution in [1.29, 1.82) is 0 Å². The summed E-state index contributed by atoms with van der Waals surface area (Å²) in [6.45, 7) is 4.18. The highest BCUT2D eigenvalue weighted by Gasteiger charge is 2.34. The number of rotatable bonds is 5. The molecule has 1 unspecified atom stereocenters. The number of piperazine rings is 1. The van der Waals surface area contributed by atoms with Gasteiger partial charge in [0, 0.05) is 31.9 Å². The fraction of sp³-hybridized carbons (Fsp3) is 0.409. The summed E-state index contributed by atoms with van der Waals surface area (Å²) in [5, 5.41) is 2.53. The van der Waals surface area contributed by atoms with Crippen LogP contribution in [0.4, 0.5) is 28.9 Å². The van der Waals surface area contributed by atoms with Crippen molar-refractivity contribution in [3.05, 3.63) is 53.8 Å². The lowest BCUT2D eigenvalue weighted by molar-refractivity contribution is -0.137. The highest BCUT2D eigenvalue weighted by molar-refractivity contribution is 5.97. The van der Waals surface area contributed by atoms with Gasteiger partial charge in [0.2, 0.25) is 0 Å². The van der Waals surface area contributed by atoms with Crippen molar-refractivity contribution in [2.24, 2.45) is 0 Å². The smallest absolute Gasteiger partial charge is 0.416 e. The molecule has 2 aromatic carbocycles. The van der Waals surface area contributed by atoms with Gasteiger partial charge in [-0.05, 0) is 61.9 Å². The number of nitrogens with one attached hydrogen (secondary N) is 1. The number of benzene rings is 2. The van der Waals surface area contributed by atoms with Crippen LogP contribution >= 0.6 is 0 Å². The van der Waals surface area contributed by atoms with Crippen molar-refractivity contribution < 1.29 is 27.1 Å². The van der Waals surface area contributed by atoms with Crippen molar-refractivity contribution in [3.8, 4) is 5.75 Å². The molecular weight excluding hydrogens is 414 g/mol. The highest BCUT2D eigenvalue weighted by atomic mass is 19.4. The lowest BCUT2D eigenvalue weighted by atomic mass is 10.1. The average Bonchev–Trinajstić information content (AvgIpc) is 2.74. The Morgan fingerprint density at radius 1 is 1.03 bits per heavy atom. The summed E-state index contributed by atoms with van der Waals surface area (Å²) in [4.78, 5) is 16.8. The quantitative estimate of drug-likeness (QED) is 0.714. The van der Waals surface area contributed by atoms with E-state index in [1.165, 1.54) is 18.2 Å². The van der Waals surface area contributed by atoms with E-state index in [0.29, 0.717) is 6.42 Å². The van der Waals surface area contributed by atoms with Crippen LogP contribution in [-0.4, -0.2) is 49.6 Å². The van der Waals surface area contributed by atoms with Gasteiger partial charge in [-0.2, -0.15) is 13.2 Å². The molecule has 0 aliphatic carbocycles. The van der Waals surface area contributed by atoms with Crippen LogP contribution in [0.1, 0.15) is 18.4 Å². The van der Waals surface area contributed by atoms with Crippen LogP contribution in [0.15, 0.2) is 42.5 Å². The van der Waals surface area contributed by atoms with E-state index in [0.717, 1.165) is 57.0 Å². The summed E-state index contributed by atoms with van der Waals surface area (Å²) in [6, 6.07) is 9.56. The summed E-state index contributed by atoms with van der Waals surface area (Å²) in [5.41, 5.74) is 0.224. The van der Waals surface area contributed by atoms with Gasteiger partial charge in [-0.3, -0.25) is 9.69 Å². The number of alkyl halides is 3. The molecule has 2 aliphatic heterocycles. The first kappa shape index (κ1) is 21.4. The van der Waals surface area contributed by atoms with E-state index in [4.69, 9.17) is 4.74 Å². The Morgan fingerprint density at radius 2 is 1.74 bits per heavy atom. The number of hydrogen-bond donors (Lipinski definition) is 1. The fourth-order valence-corrected chi connectivity index (χ4v) is 3.90. The Balaban J connectivity index is 1.24. The van der Waals surface area contributed by atoms with Crippen LogP contribution in [0.2, 0.25) is 0 Å². The molecular formula is C22H23F4N3O2. The average molecular weight is 437 g/mol. The second kappa shape index (κ2) is 8.74. The Hall–Kier alpha value is -2.81. The van der Waals surface area contributed by atoms with Gasteiger partial charge in [0.15, 0.2) is 6.10 Å². The van der Waals surface area contributed by atoms with Crippen LogP contribution in [-0.2, 0) is 11.0 Å². The molecule has 1 amide bonds. The molecule has 1 fully saturated rings. The number of hydrogen-bond acceptors (Lipinski definition) is 4. The maximum absolute atomic E-state index is 13.1. The lowest BCUT2D eigenvalue weighted by Crippen LogP contribution is -2.47. The normalized spacial score (nSPS) is 19.5. The molecule has 0 spiro atoms. The number of nitrogens with zero attached hydrogens (tertiary/aromatic N) is 2. The summed E-state index contributed by atoms with van der Waals surface area (Å²) >= 11 is 0. The minimum Gasteiger partial charge on any atom is -0.478 e. The number of halogens is 4. The summed E-state index contributed by atoms with van der Waals surface area (Å²) in [7, 11) is 0. The SMILES string of the molecule is O=C1Nc2cc(C(F)(F)F)ccc2OC1CCCN1CCN(c2ccc(F)cc2)CC1. The molecule has 2 heterocycles. The zero-order valence-electron chi connectivity index (χ0n) is 16.8. The van der Waals surface area contributed by atoms with E-state index in [1.54, 1.807) is 12.1 Å². The topological polar surface area (TPSA) is 44.8 Å². The monoisotopic (exact) mass is 437 g/mol. The van der Waals surface area contributed by atoms with Crippen molar-refractivity contribution in [1.82, 2.24) is 4.90 Å². The molecule has 0 aromatic heterocycles. The highest BCUT2D eigenvalue weighted by Crippen LogP contribution is 2.37. The number of anilines is 2. The van der Waals surface area contributed by atoms with Crippen LogP contribution in [0.5, 0.6) is 5.75 Å². The molecule has 0 saturated carbocycles. The van der Waals surface area contributed by atoms with Gasteiger partial charge >= 0.3 is 6.18 Å². The maximum Gasteiger partial charge on any atom is 0.416 e. The molecule has 31 heavy (non-hydrogen) atoms. The molecule has 1 saturated heterocycles. The van der Waals surface area contributed by atoms with Gasteiger partial charge in [-0.25, -0.2) is 4.39 Å². The summed E-state index contributed by atoms with van der Waals surface area (Å²) in [6.07, 6.45) is -3.99. The molecule has 166 valence electrons. The molecule has 0 bridgehead atoms. The predicted octanol–water partition coefficient (Wildman–Crippen LogP) is 4.15. The minimum atomic E-state index is -4.47. The molecule has 1 atom stereocenters. The second-order valence-corrected chi connectivity index (χ2v) is 7.75. The Labute approximate surface area is 177 Å². The zero-order valence-corrected chi connectivity index (χ0v) is 16.8. The van der Waals surface area contributed by atoms with Crippen LogP contribution in [0, 0.1) is 5.82 Å². The molecule has 5 nitrogen and oxygen atoms in total. The first-order valence-electron chi connectivity index (χ1n) is 10.2. The van der Waals surface area contributed by atoms with E-state index in [9.17, 15) is 22.4 Å². The van der Waals surface area contributed by atoms with E-state index in [2.05, 4.69) is 15.1 Å². The molecule has 4 rings (SSSR count). The van der Waals surface area contributed by atoms with Crippen molar-refractivity contribution in [3.63, 3.8) is 0 Å². The summed E-state index contributed by atoms with van der Waals surface area (Å²) in [5.74, 6) is -0.418. The van der Waals surface area contributed by atoms with Gasteiger partial charge in [-0.1, -0.05) is 0 Å². The largest absolute Gasteiger partial charge is 0.478 e. The molecule has 2 aromatic rings. The number of carbonyl (C=O) groups excluding carboxylic acids is 1. The van der Waals surface area contributed by atoms with E-state index in [1.807, 2.05) is 0 Å². The second-order valence-electron chi connectivity index (χ2n) is 7.75. The third-order valence-corrected chi connectivity index (χ3v) is 5.63. The number of ether oxygens (including phenoxy) is 1. The first-order chi connectivity index (χ1) is 14.8. The van der Waals surface area contributed by atoms with E-state index in [-0.39, 0.29) is 17.3 Å². The van der Waals surface area contributed by atoms with Gasteiger partial charge in [0.05, 0.1) is 11.3 Å².